The van der Waals surface area contributed by atoms with E-state index in [1.807, 2.05) is 0 Å². The second-order valence-corrected chi connectivity index (χ2v) is 4.35. The lowest BCUT2D eigenvalue weighted by Crippen LogP contribution is -2.31. The summed E-state index contributed by atoms with van der Waals surface area (Å²) in [5.41, 5.74) is -0.778. The quantitative estimate of drug-likeness (QED) is 0.294. The molecule has 0 aromatic carbocycles. The predicted molar refractivity (Wildman–Crippen MR) is 57.5 cm³/mol. The van der Waals surface area contributed by atoms with Crippen molar-refractivity contribution in [2.45, 2.75) is 46.5 Å². The van der Waals surface area contributed by atoms with Crippen molar-refractivity contribution in [3.63, 3.8) is 0 Å². The highest BCUT2D eigenvalue weighted by molar-refractivity contribution is 5.76. The fourth-order valence-corrected chi connectivity index (χ4v) is 1.11. The second-order valence-electron chi connectivity index (χ2n) is 4.35. The van der Waals surface area contributed by atoms with Crippen molar-refractivity contribution < 1.29 is 19.7 Å². The summed E-state index contributed by atoms with van der Waals surface area (Å²) in [5.74, 6) is -0.326. The van der Waals surface area contributed by atoms with E-state index < -0.39 is 5.41 Å². The van der Waals surface area contributed by atoms with Gasteiger partial charge in [0.05, 0.1) is 18.6 Å². The van der Waals surface area contributed by atoms with Crippen LogP contribution in [-0.2, 0) is 14.4 Å². The largest absolute Gasteiger partial charge is 0.465 e. The van der Waals surface area contributed by atoms with Gasteiger partial charge in [0.1, 0.15) is 0 Å². The molecule has 15 heavy (non-hydrogen) atoms. The highest BCUT2D eigenvalue weighted by Gasteiger charge is 2.29. The summed E-state index contributed by atoms with van der Waals surface area (Å²) in [6, 6.07) is 0. The number of ether oxygens (including phenoxy) is 1. The Morgan fingerprint density at radius 1 is 1.27 bits per heavy atom. The van der Waals surface area contributed by atoms with Crippen LogP contribution in [0.4, 0.5) is 0 Å². The van der Waals surface area contributed by atoms with Crippen molar-refractivity contribution in [3.8, 4) is 0 Å². The molecule has 4 nitrogen and oxygen atoms in total. The molecule has 4 heteroatoms. The van der Waals surface area contributed by atoms with Crippen molar-refractivity contribution in [1.29, 1.82) is 0 Å². The van der Waals surface area contributed by atoms with Gasteiger partial charge in [0, 0.05) is 0 Å². The Bertz CT molecular complexity index is 177. The van der Waals surface area contributed by atoms with Gasteiger partial charge >= 0.3 is 5.97 Å². The predicted octanol–water partition coefficient (Wildman–Crippen LogP) is 2.63. The summed E-state index contributed by atoms with van der Waals surface area (Å²) in [6.45, 7) is 5.90. The Kier molecular flexibility index (Phi) is 7.34. The molecule has 0 aliphatic rings. The zero-order chi connectivity index (χ0) is 11.7. The molecule has 0 aromatic rings. The maximum Gasteiger partial charge on any atom is 0.313 e. The normalized spacial score (nSPS) is 11.5. The number of hydrogen-bond acceptors (Lipinski definition) is 4. The van der Waals surface area contributed by atoms with Crippen LogP contribution in [0.2, 0.25) is 0 Å². The molecule has 90 valence electrons. The third-order valence-corrected chi connectivity index (χ3v) is 2.21. The lowest BCUT2D eigenvalue weighted by atomic mass is 9.95. The minimum atomic E-state index is -0.778. The summed E-state index contributed by atoms with van der Waals surface area (Å²) in [7, 11) is 0. The first kappa shape index (κ1) is 14.4. The van der Waals surface area contributed by atoms with E-state index in [1.165, 1.54) is 6.42 Å². The Balaban J connectivity index is 3.64. The first-order valence-electron chi connectivity index (χ1n) is 5.48. The SMILES string of the molecule is CCCCCCOC(=O)C(C)(C)COO. The van der Waals surface area contributed by atoms with E-state index >= 15 is 0 Å². The fraction of sp³-hybridized carbons (Fsp3) is 0.909. The van der Waals surface area contributed by atoms with Gasteiger partial charge in [0.25, 0.3) is 0 Å². The van der Waals surface area contributed by atoms with Crippen LogP contribution in [0.5, 0.6) is 0 Å². The number of carbonyl (C=O) groups excluding carboxylic acids is 1. The topological polar surface area (TPSA) is 55.8 Å². The Morgan fingerprint density at radius 2 is 1.93 bits per heavy atom. The number of esters is 1. The minimum Gasteiger partial charge on any atom is -0.465 e. The third kappa shape index (κ3) is 6.47. The van der Waals surface area contributed by atoms with Crippen LogP contribution in [0.25, 0.3) is 0 Å². The summed E-state index contributed by atoms with van der Waals surface area (Å²) in [4.78, 5) is 15.4. The molecule has 0 saturated carbocycles. The molecule has 0 heterocycles. The molecule has 1 N–H and O–H groups in total. The molecule has 0 bridgehead atoms. The minimum absolute atomic E-state index is 0.0409. The number of rotatable bonds is 8. The Hall–Kier alpha value is -0.610. The van der Waals surface area contributed by atoms with E-state index in [1.54, 1.807) is 13.8 Å². The lowest BCUT2D eigenvalue weighted by Gasteiger charge is -2.20. The molecule has 0 atom stereocenters. The Morgan fingerprint density at radius 3 is 2.47 bits per heavy atom. The van der Waals surface area contributed by atoms with Gasteiger partial charge in [-0.05, 0) is 20.3 Å². The fourth-order valence-electron chi connectivity index (χ4n) is 1.11. The van der Waals surface area contributed by atoms with Gasteiger partial charge in [0.2, 0.25) is 0 Å². The van der Waals surface area contributed by atoms with E-state index in [4.69, 9.17) is 9.99 Å². The molecule has 0 aliphatic carbocycles. The molecule has 0 aliphatic heterocycles. The van der Waals surface area contributed by atoms with Gasteiger partial charge in [-0.1, -0.05) is 26.2 Å². The first-order chi connectivity index (χ1) is 7.04. The zero-order valence-corrected chi connectivity index (χ0v) is 9.91. The maximum absolute atomic E-state index is 11.5. The van der Waals surface area contributed by atoms with E-state index in [0.29, 0.717) is 6.61 Å². The van der Waals surface area contributed by atoms with E-state index in [9.17, 15) is 4.79 Å². The molecule has 0 radical (unpaired) electrons. The third-order valence-electron chi connectivity index (χ3n) is 2.21. The molecular weight excluding hydrogens is 196 g/mol. The smallest absolute Gasteiger partial charge is 0.313 e. The highest BCUT2D eigenvalue weighted by Crippen LogP contribution is 2.17. The number of hydrogen-bond donors (Lipinski definition) is 1. The summed E-state index contributed by atoms with van der Waals surface area (Å²) in [5, 5.41) is 8.28. The van der Waals surface area contributed by atoms with Crippen LogP contribution >= 0.6 is 0 Å². The summed E-state index contributed by atoms with van der Waals surface area (Å²) >= 11 is 0. The van der Waals surface area contributed by atoms with Gasteiger partial charge in [-0.25, -0.2) is 4.89 Å². The monoisotopic (exact) mass is 218 g/mol. The molecular formula is C11H22O4. The van der Waals surface area contributed by atoms with E-state index in [0.717, 1.165) is 19.3 Å². The van der Waals surface area contributed by atoms with E-state index in [-0.39, 0.29) is 12.6 Å². The van der Waals surface area contributed by atoms with Gasteiger partial charge in [-0.2, -0.15) is 0 Å². The van der Waals surface area contributed by atoms with Crippen molar-refractivity contribution in [1.82, 2.24) is 0 Å². The maximum atomic E-state index is 11.5. The van der Waals surface area contributed by atoms with Crippen LogP contribution < -0.4 is 0 Å². The molecule has 0 unspecified atom stereocenters. The number of carbonyl (C=O) groups is 1. The highest BCUT2D eigenvalue weighted by atomic mass is 17.1. The second kappa shape index (κ2) is 7.65. The van der Waals surface area contributed by atoms with Crippen molar-refractivity contribution >= 4 is 5.97 Å². The van der Waals surface area contributed by atoms with Crippen molar-refractivity contribution in [3.05, 3.63) is 0 Å². The molecule has 0 fully saturated rings. The van der Waals surface area contributed by atoms with Gasteiger partial charge < -0.3 is 4.74 Å². The standard InChI is InChI=1S/C11H22O4/c1-4-5-6-7-8-14-10(12)11(2,3)9-15-13/h13H,4-9H2,1-3H3. The Labute approximate surface area is 91.5 Å². The van der Waals surface area contributed by atoms with E-state index in [2.05, 4.69) is 11.8 Å². The van der Waals surface area contributed by atoms with Crippen molar-refractivity contribution in [2.75, 3.05) is 13.2 Å². The molecule has 0 aromatic heterocycles. The van der Waals surface area contributed by atoms with Crippen LogP contribution in [0, 0.1) is 5.41 Å². The van der Waals surface area contributed by atoms with Crippen LogP contribution in [-0.4, -0.2) is 24.4 Å². The average Bonchev–Trinajstić information content (AvgIpc) is 2.17. The molecule has 0 amide bonds. The first-order valence-corrected chi connectivity index (χ1v) is 5.48. The van der Waals surface area contributed by atoms with Crippen LogP contribution in [0.1, 0.15) is 46.5 Å². The van der Waals surface area contributed by atoms with Crippen LogP contribution in [0.3, 0.4) is 0 Å². The average molecular weight is 218 g/mol. The zero-order valence-electron chi connectivity index (χ0n) is 9.91. The van der Waals surface area contributed by atoms with Gasteiger partial charge in [0.15, 0.2) is 0 Å². The van der Waals surface area contributed by atoms with Crippen LogP contribution in [0.15, 0.2) is 0 Å². The molecule has 0 spiro atoms. The summed E-state index contributed by atoms with van der Waals surface area (Å²) in [6.07, 6.45) is 4.31. The van der Waals surface area contributed by atoms with Gasteiger partial charge in [-0.3, -0.25) is 10.1 Å². The van der Waals surface area contributed by atoms with Crippen molar-refractivity contribution in [2.24, 2.45) is 5.41 Å². The molecule has 0 saturated heterocycles. The number of unbranched alkanes of at least 4 members (excludes halogenated alkanes) is 3. The summed E-state index contributed by atoms with van der Waals surface area (Å²) < 4.78 is 5.08. The van der Waals surface area contributed by atoms with Gasteiger partial charge in [-0.15, -0.1) is 0 Å². The lowest BCUT2D eigenvalue weighted by molar-refractivity contribution is -0.260. The molecule has 0 rings (SSSR count).